The van der Waals surface area contributed by atoms with Crippen LogP contribution in [0.2, 0.25) is 41.3 Å². The van der Waals surface area contributed by atoms with Crippen LogP contribution in [0.15, 0.2) is 0 Å². The van der Waals surface area contributed by atoms with E-state index < -0.39 is 23.1 Å². The fourth-order valence-corrected chi connectivity index (χ4v) is 49.9. The number of hydrogen-bond donors (Lipinski definition) is 0. The molecule has 0 spiro atoms. The summed E-state index contributed by atoms with van der Waals surface area (Å²) in [7, 11) is -2.18. The Kier molecular flexibility index (Phi) is 7.32. The molecule has 0 radical (unpaired) electrons. The number of hydrogen-bond acceptors (Lipinski definition) is 1. The summed E-state index contributed by atoms with van der Waals surface area (Å²) in [5, 5.41) is 0.690. The lowest BCUT2D eigenvalue weighted by molar-refractivity contribution is 0.398. The zero-order valence-electron chi connectivity index (χ0n) is 18.7. The van der Waals surface area contributed by atoms with Gasteiger partial charge in [-0.25, -0.2) is 0 Å². The van der Waals surface area contributed by atoms with Crippen LogP contribution >= 0.6 is 31.2 Å². The Labute approximate surface area is 172 Å². The second-order valence-electron chi connectivity index (χ2n) is 11.3. The molecule has 0 heterocycles. The molecule has 0 N–H and O–H groups in total. The van der Waals surface area contributed by atoms with Crippen LogP contribution in [0.25, 0.3) is 0 Å². The third-order valence-corrected chi connectivity index (χ3v) is 41.0. The van der Waals surface area contributed by atoms with Gasteiger partial charge in [0.05, 0.1) is 8.07 Å². The number of alkyl halides is 1. The average Bonchev–Trinajstić information content (AvgIpc) is 2.21. The maximum Gasteiger partial charge on any atom is 0.198 e. The molecule has 0 aromatic rings. The summed E-state index contributed by atoms with van der Waals surface area (Å²) in [6.07, 6.45) is 0. The molecule has 0 fully saturated rings. The zero-order valence-corrected chi connectivity index (χ0v) is 24.8. The Bertz CT molecular complexity index is 415. The smallest absolute Gasteiger partial charge is 0.198 e. The minimum Gasteiger partial charge on any atom is -0.420 e. The van der Waals surface area contributed by atoms with Crippen LogP contribution in [-0.4, -0.2) is 33.4 Å². The van der Waals surface area contributed by atoms with E-state index in [9.17, 15) is 0 Å². The first-order chi connectivity index (χ1) is 10.1. The van der Waals surface area contributed by atoms with E-state index in [1.807, 2.05) is 7.11 Å². The van der Waals surface area contributed by atoms with Crippen LogP contribution in [0.1, 0.15) is 62.3 Å². The predicted molar refractivity (Wildman–Crippen MR) is 127 cm³/mol. The van der Waals surface area contributed by atoms with E-state index in [4.69, 9.17) is 4.43 Å². The second kappa shape index (κ2) is 6.87. The highest BCUT2D eigenvalue weighted by atomic mass is 79.9. The van der Waals surface area contributed by atoms with Crippen LogP contribution in [-0.2, 0) is 4.43 Å². The van der Waals surface area contributed by atoms with Gasteiger partial charge < -0.3 is 4.43 Å². The molecular weight excluding hydrogens is 476 g/mol. The highest BCUT2D eigenvalue weighted by Crippen LogP contribution is 2.71. The Balaban J connectivity index is 7.55. The Morgan fingerprint density at radius 3 is 1.04 bits per heavy atom. The van der Waals surface area contributed by atoms with Crippen LogP contribution in [0.3, 0.4) is 0 Å². The van der Waals surface area contributed by atoms with Gasteiger partial charge in [0.15, 0.2) is 8.32 Å². The summed E-state index contributed by atoms with van der Waals surface area (Å²) < 4.78 is 6.43. The molecule has 0 bridgehead atoms. The normalized spacial score (nSPS) is 18.5. The van der Waals surface area contributed by atoms with Crippen LogP contribution in [0.5, 0.6) is 0 Å². The molecule has 1 atom stereocenters. The number of rotatable bonds is 4. The summed E-state index contributed by atoms with van der Waals surface area (Å²) >= 11 is 8.80. The molecular formula is C18H42Br2OSi3. The maximum atomic E-state index is 6.35. The van der Waals surface area contributed by atoms with Crippen molar-refractivity contribution < 1.29 is 4.43 Å². The van der Waals surface area contributed by atoms with Crippen molar-refractivity contribution in [2.24, 2.45) is 0 Å². The molecule has 0 saturated carbocycles. The van der Waals surface area contributed by atoms with Crippen LogP contribution in [0, 0.1) is 0 Å². The lowest BCUT2D eigenvalue weighted by Crippen LogP contribution is -2.84. The van der Waals surface area contributed by atoms with Gasteiger partial charge >= 0.3 is 0 Å². The van der Waals surface area contributed by atoms with Crippen molar-refractivity contribution in [3.05, 3.63) is 0 Å². The minimum absolute atomic E-state index is 0.0729. The molecule has 0 amide bonds. The van der Waals surface area contributed by atoms with Crippen molar-refractivity contribution in [1.29, 1.82) is 0 Å². The lowest BCUT2D eigenvalue weighted by atomic mass is 10.2. The summed E-state index contributed by atoms with van der Waals surface area (Å²) in [5.74, 6) is 0. The van der Waals surface area contributed by atoms with Gasteiger partial charge in [-0.1, -0.05) is 91.3 Å². The molecule has 0 aromatic heterocycles. The largest absolute Gasteiger partial charge is 0.420 e. The van der Waals surface area contributed by atoms with Crippen LogP contribution in [0.4, 0.5) is 0 Å². The van der Waals surface area contributed by atoms with Gasteiger partial charge in [-0.05, 0) is 28.2 Å². The second-order valence-corrected chi connectivity index (χ2v) is 36.8. The number of halogens is 2. The molecule has 0 rings (SSSR count). The van der Waals surface area contributed by atoms with Gasteiger partial charge in [-0.3, -0.25) is 0 Å². The SMILES string of the molecule is CO[Si](C)(C)C(Br)([Si](C)(C)Br)[Si](C(C)(C)C)(C(C)(C)C)C(C)(C)C. The molecule has 0 aliphatic carbocycles. The first kappa shape index (κ1) is 25.6. The Morgan fingerprint density at radius 1 is 0.667 bits per heavy atom. The predicted octanol–water partition coefficient (Wildman–Crippen LogP) is 8.04. The lowest BCUT2D eigenvalue weighted by Gasteiger charge is -2.71. The third kappa shape index (κ3) is 3.50. The fourth-order valence-electron chi connectivity index (χ4n) is 6.68. The molecule has 0 saturated heterocycles. The van der Waals surface area contributed by atoms with E-state index in [1.54, 1.807) is 0 Å². The molecule has 1 unspecified atom stereocenters. The first-order valence-electron chi connectivity index (χ1n) is 8.99. The van der Waals surface area contributed by atoms with E-state index in [-0.39, 0.29) is 18.3 Å². The van der Waals surface area contributed by atoms with Gasteiger partial charge in [-0.2, -0.15) is 0 Å². The Hall–Kier alpha value is 1.57. The summed E-state index contributed by atoms with van der Waals surface area (Å²) in [6.45, 7) is 30.3. The molecule has 0 aliphatic heterocycles. The monoisotopic (exact) mass is 516 g/mol. The first-order valence-corrected chi connectivity index (χ1v) is 19.9. The summed E-state index contributed by atoms with van der Waals surface area (Å²) in [4.78, 5) is 0. The van der Waals surface area contributed by atoms with E-state index >= 15 is 0 Å². The van der Waals surface area contributed by atoms with Crippen molar-refractivity contribution in [3.8, 4) is 0 Å². The molecule has 0 aliphatic rings. The minimum atomic E-state index is -2.08. The highest BCUT2D eigenvalue weighted by Gasteiger charge is 2.77. The van der Waals surface area contributed by atoms with Crippen molar-refractivity contribution in [1.82, 2.24) is 0 Å². The van der Waals surface area contributed by atoms with Gasteiger partial charge in [-0.15, -0.1) is 15.3 Å². The van der Waals surface area contributed by atoms with Crippen molar-refractivity contribution in [2.45, 2.75) is 107 Å². The third-order valence-electron chi connectivity index (χ3n) is 6.05. The van der Waals surface area contributed by atoms with Gasteiger partial charge in [0, 0.05) is 10.3 Å². The summed E-state index contributed by atoms with van der Waals surface area (Å²) in [6, 6.07) is 0. The molecule has 24 heavy (non-hydrogen) atoms. The Morgan fingerprint density at radius 2 is 0.917 bits per heavy atom. The van der Waals surface area contributed by atoms with E-state index in [0.29, 0.717) is 0 Å². The molecule has 0 aromatic carbocycles. The fraction of sp³-hybridized carbons (Fsp3) is 1.00. The van der Waals surface area contributed by atoms with Gasteiger partial charge in [0.1, 0.15) is 6.69 Å². The maximum absolute atomic E-state index is 6.35. The topological polar surface area (TPSA) is 9.23 Å². The van der Waals surface area contributed by atoms with E-state index in [0.717, 1.165) is 0 Å². The van der Waals surface area contributed by atoms with E-state index in [2.05, 4.69) is 120 Å². The van der Waals surface area contributed by atoms with Crippen molar-refractivity contribution in [2.75, 3.05) is 7.11 Å². The molecule has 146 valence electrons. The van der Waals surface area contributed by atoms with Crippen molar-refractivity contribution >= 4 is 54.3 Å². The average molecular weight is 519 g/mol. The zero-order chi connectivity index (χ0) is 20.2. The van der Waals surface area contributed by atoms with Gasteiger partial charge in [0.25, 0.3) is 0 Å². The molecule has 1 nitrogen and oxygen atoms in total. The molecule has 6 heteroatoms. The van der Waals surface area contributed by atoms with Crippen LogP contribution < -0.4 is 0 Å². The summed E-state index contributed by atoms with van der Waals surface area (Å²) in [5.41, 5.74) is 0. The van der Waals surface area contributed by atoms with E-state index in [1.165, 1.54) is 0 Å². The van der Waals surface area contributed by atoms with Crippen molar-refractivity contribution in [3.63, 3.8) is 0 Å². The standard InChI is InChI=1S/C18H42Br2OSi3/c1-15(2,3)24(16(4,5)6,17(7,8)9)18(19,22(11,12)20)23(13,14)21-10/h1-14H3. The highest BCUT2D eigenvalue weighted by molar-refractivity contribution is 9.28. The quantitative estimate of drug-likeness (QED) is 0.208. The van der Waals surface area contributed by atoms with Gasteiger partial charge in [0.2, 0.25) is 0 Å².